The van der Waals surface area contributed by atoms with Gasteiger partial charge in [-0.05, 0) is 17.6 Å². The lowest BCUT2D eigenvalue weighted by molar-refractivity contribution is -0.144. The summed E-state index contributed by atoms with van der Waals surface area (Å²) in [6.45, 7) is 0.865. The Hall–Kier alpha value is -1.86. The number of amides is 1. The Morgan fingerprint density at radius 2 is 1.88 bits per heavy atom. The van der Waals surface area contributed by atoms with Gasteiger partial charge < -0.3 is 20.1 Å². The SMILES string of the molecule is CC(=O)OCC(=O)Nc1ccc(B(O)O)cc1. The second kappa shape index (κ2) is 6.02. The fourth-order valence-corrected chi connectivity index (χ4v) is 1.10. The number of esters is 1. The number of hydrogen-bond acceptors (Lipinski definition) is 5. The second-order valence-electron chi connectivity index (χ2n) is 3.32. The molecule has 1 aromatic carbocycles. The maximum atomic E-state index is 11.2. The molecule has 0 heterocycles. The van der Waals surface area contributed by atoms with Gasteiger partial charge >= 0.3 is 13.1 Å². The van der Waals surface area contributed by atoms with Gasteiger partial charge in [-0.25, -0.2) is 0 Å². The van der Waals surface area contributed by atoms with Crippen molar-refractivity contribution in [2.45, 2.75) is 6.92 Å². The smallest absolute Gasteiger partial charge is 0.456 e. The zero-order chi connectivity index (χ0) is 12.8. The van der Waals surface area contributed by atoms with Gasteiger partial charge in [0.05, 0.1) is 0 Å². The molecule has 0 saturated heterocycles. The predicted octanol–water partition coefficient (Wildman–Crippen LogP) is -1.13. The summed E-state index contributed by atoms with van der Waals surface area (Å²) in [5, 5.41) is 20.2. The Balaban J connectivity index is 2.51. The summed E-state index contributed by atoms with van der Waals surface area (Å²) in [4.78, 5) is 21.7. The molecule has 0 spiro atoms. The third kappa shape index (κ3) is 4.67. The molecular formula is C10H12BNO5. The minimum absolute atomic E-state index is 0.322. The van der Waals surface area contributed by atoms with Crippen LogP contribution in [0.2, 0.25) is 0 Å². The minimum atomic E-state index is -1.54. The van der Waals surface area contributed by atoms with E-state index in [2.05, 4.69) is 10.1 Å². The molecule has 0 unspecified atom stereocenters. The number of carbonyl (C=O) groups excluding carboxylic acids is 2. The number of carbonyl (C=O) groups is 2. The highest BCUT2D eigenvalue weighted by molar-refractivity contribution is 6.58. The number of nitrogens with one attached hydrogen (secondary N) is 1. The zero-order valence-electron chi connectivity index (χ0n) is 9.21. The van der Waals surface area contributed by atoms with E-state index in [0.29, 0.717) is 11.2 Å². The highest BCUT2D eigenvalue weighted by Crippen LogP contribution is 2.03. The fraction of sp³-hybridized carbons (Fsp3) is 0.200. The molecule has 6 nitrogen and oxygen atoms in total. The first kappa shape index (κ1) is 13.2. The van der Waals surface area contributed by atoms with Gasteiger partial charge in [0, 0.05) is 12.6 Å². The molecule has 3 N–H and O–H groups in total. The van der Waals surface area contributed by atoms with Crippen LogP contribution < -0.4 is 10.8 Å². The number of benzene rings is 1. The Morgan fingerprint density at radius 3 is 2.35 bits per heavy atom. The average molecular weight is 237 g/mol. The van der Waals surface area contributed by atoms with E-state index in [0.717, 1.165) is 0 Å². The third-order valence-corrected chi connectivity index (χ3v) is 1.90. The van der Waals surface area contributed by atoms with Crippen LogP contribution in [0.3, 0.4) is 0 Å². The van der Waals surface area contributed by atoms with Gasteiger partial charge in [-0.3, -0.25) is 9.59 Å². The molecule has 0 aliphatic rings. The van der Waals surface area contributed by atoms with Gasteiger partial charge in [0.1, 0.15) is 0 Å². The predicted molar refractivity (Wildman–Crippen MR) is 61.5 cm³/mol. The van der Waals surface area contributed by atoms with Crippen molar-refractivity contribution in [3.05, 3.63) is 24.3 Å². The Morgan fingerprint density at radius 1 is 1.29 bits per heavy atom. The Kier molecular flexibility index (Phi) is 4.68. The molecular weight excluding hydrogens is 225 g/mol. The summed E-state index contributed by atoms with van der Waals surface area (Å²) < 4.78 is 4.51. The van der Waals surface area contributed by atoms with Crippen molar-refractivity contribution in [1.82, 2.24) is 0 Å². The lowest BCUT2D eigenvalue weighted by Crippen LogP contribution is -2.29. The van der Waals surface area contributed by atoms with E-state index >= 15 is 0 Å². The second-order valence-corrected chi connectivity index (χ2v) is 3.32. The van der Waals surface area contributed by atoms with Crippen molar-refractivity contribution in [3.8, 4) is 0 Å². The average Bonchev–Trinajstić information content (AvgIpc) is 2.27. The first-order chi connectivity index (χ1) is 7.99. The van der Waals surface area contributed by atoms with Crippen LogP contribution in [0.1, 0.15) is 6.92 Å². The minimum Gasteiger partial charge on any atom is -0.456 e. The zero-order valence-corrected chi connectivity index (χ0v) is 9.21. The van der Waals surface area contributed by atoms with Crippen molar-refractivity contribution in [3.63, 3.8) is 0 Å². The molecule has 0 aliphatic carbocycles. The van der Waals surface area contributed by atoms with E-state index in [1.165, 1.54) is 31.2 Å². The molecule has 1 aromatic rings. The summed E-state index contributed by atoms with van der Waals surface area (Å²) >= 11 is 0. The van der Waals surface area contributed by atoms with Crippen molar-refractivity contribution in [1.29, 1.82) is 0 Å². The van der Waals surface area contributed by atoms with Crippen molar-refractivity contribution in [2.75, 3.05) is 11.9 Å². The maximum Gasteiger partial charge on any atom is 0.488 e. The molecule has 90 valence electrons. The van der Waals surface area contributed by atoms with Crippen LogP contribution in [0.15, 0.2) is 24.3 Å². The fourth-order valence-electron chi connectivity index (χ4n) is 1.10. The largest absolute Gasteiger partial charge is 0.488 e. The molecule has 1 amide bonds. The number of hydrogen-bond donors (Lipinski definition) is 3. The van der Waals surface area contributed by atoms with Gasteiger partial charge in [-0.1, -0.05) is 12.1 Å². The first-order valence-electron chi connectivity index (χ1n) is 4.88. The van der Waals surface area contributed by atoms with Gasteiger partial charge in [-0.15, -0.1) is 0 Å². The van der Waals surface area contributed by atoms with Crippen LogP contribution >= 0.6 is 0 Å². The van der Waals surface area contributed by atoms with E-state index < -0.39 is 19.0 Å². The van der Waals surface area contributed by atoms with Crippen molar-refractivity contribution < 1.29 is 24.4 Å². The van der Waals surface area contributed by atoms with E-state index in [1.54, 1.807) is 0 Å². The van der Waals surface area contributed by atoms with Gasteiger partial charge in [-0.2, -0.15) is 0 Å². The maximum absolute atomic E-state index is 11.2. The van der Waals surface area contributed by atoms with Crippen LogP contribution in [-0.2, 0) is 14.3 Å². The van der Waals surface area contributed by atoms with Gasteiger partial charge in [0.25, 0.3) is 5.91 Å². The number of rotatable bonds is 4. The van der Waals surface area contributed by atoms with Crippen molar-refractivity contribution >= 4 is 30.1 Å². The van der Waals surface area contributed by atoms with Gasteiger partial charge in [0.2, 0.25) is 0 Å². The summed E-state index contributed by atoms with van der Waals surface area (Å²) in [5.41, 5.74) is 0.800. The Labute approximate surface area is 98.4 Å². The molecule has 0 aromatic heterocycles. The third-order valence-electron chi connectivity index (χ3n) is 1.90. The molecule has 7 heteroatoms. The number of anilines is 1. The van der Waals surface area contributed by atoms with E-state index in [-0.39, 0.29) is 6.61 Å². The molecule has 0 saturated carbocycles. The van der Waals surface area contributed by atoms with E-state index in [1.807, 2.05) is 0 Å². The van der Waals surface area contributed by atoms with Crippen LogP contribution in [-0.4, -0.2) is 35.6 Å². The summed E-state index contributed by atoms with van der Waals surface area (Å²) in [6.07, 6.45) is 0. The van der Waals surface area contributed by atoms with E-state index in [4.69, 9.17) is 10.0 Å². The molecule has 1 rings (SSSR count). The Bertz CT molecular complexity index is 404. The van der Waals surface area contributed by atoms with Crippen molar-refractivity contribution in [2.24, 2.45) is 0 Å². The highest BCUT2D eigenvalue weighted by atomic mass is 16.5. The molecule has 0 fully saturated rings. The molecule has 0 atom stereocenters. The summed E-state index contributed by atoms with van der Waals surface area (Å²) in [5.74, 6) is -0.989. The van der Waals surface area contributed by atoms with E-state index in [9.17, 15) is 9.59 Å². The molecule has 0 radical (unpaired) electrons. The van der Waals surface area contributed by atoms with Crippen LogP contribution in [0, 0.1) is 0 Å². The monoisotopic (exact) mass is 237 g/mol. The van der Waals surface area contributed by atoms with Gasteiger partial charge in [0.15, 0.2) is 6.61 Å². The quantitative estimate of drug-likeness (QED) is 0.454. The van der Waals surface area contributed by atoms with Crippen LogP contribution in [0.4, 0.5) is 5.69 Å². The molecule has 0 bridgehead atoms. The lowest BCUT2D eigenvalue weighted by atomic mass is 9.80. The first-order valence-corrected chi connectivity index (χ1v) is 4.88. The van der Waals surface area contributed by atoms with Crippen LogP contribution in [0.5, 0.6) is 0 Å². The standard InChI is InChI=1S/C10H12BNO5/c1-7(13)17-6-10(14)12-9-4-2-8(3-5-9)11(15)16/h2-5,15-16H,6H2,1H3,(H,12,14). The molecule has 17 heavy (non-hydrogen) atoms. The number of ether oxygens (including phenoxy) is 1. The topological polar surface area (TPSA) is 95.9 Å². The lowest BCUT2D eigenvalue weighted by Gasteiger charge is -2.06. The van der Waals surface area contributed by atoms with Crippen LogP contribution in [0.25, 0.3) is 0 Å². The molecule has 0 aliphatic heterocycles. The highest BCUT2D eigenvalue weighted by Gasteiger charge is 2.10. The summed E-state index contributed by atoms with van der Waals surface area (Å²) in [7, 11) is -1.54. The normalized spacial score (nSPS) is 9.59. The summed E-state index contributed by atoms with van der Waals surface area (Å²) in [6, 6.07) is 5.96.